The van der Waals surface area contributed by atoms with Crippen molar-refractivity contribution in [1.29, 1.82) is 0 Å². The Balaban J connectivity index is 0.00000242. The number of rotatable bonds is 4. The summed E-state index contributed by atoms with van der Waals surface area (Å²) in [6, 6.07) is 4.90. The van der Waals surface area contributed by atoms with Crippen LogP contribution in [0.1, 0.15) is 31.4 Å². The average Bonchev–Trinajstić information content (AvgIpc) is 2.44. The third-order valence-electron chi connectivity index (χ3n) is 3.87. The molecule has 2 atom stereocenters. The molecule has 1 heterocycles. The van der Waals surface area contributed by atoms with Gasteiger partial charge in [0.25, 0.3) is 0 Å². The summed E-state index contributed by atoms with van der Waals surface area (Å²) in [7, 11) is 0. The zero-order valence-electron chi connectivity index (χ0n) is 12.4. The largest absolute Gasteiger partial charge is 0.387 e. The van der Waals surface area contributed by atoms with Crippen LogP contribution in [0.25, 0.3) is 0 Å². The van der Waals surface area contributed by atoms with Crippen molar-refractivity contribution in [2.45, 2.75) is 25.9 Å². The summed E-state index contributed by atoms with van der Waals surface area (Å²) in [5, 5.41) is 17.1. The highest BCUT2D eigenvalue weighted by Crippen LogP contribution is 2.26. The van der Waals surface area contributed by atoms with Crippen molar-refractivity contribution < 1.29 is 9.90 Å². The number of benzene rings is 1. The van der Waals surface area contributed by atoms with E-state index in [-0.39, 0.29) is 24.9 Å². The summed E-state index contributed by atoms with van der Waals surface area (Å²) < 4.78 is 0. The Morgan fingerprint density at radius 3 is 2.59 bits per heavy atom. The number of carbonyl (C=O) groups excluding carboxylic acids is 1. The van der Waals surface area contributed by atoms with Gasteiger partial charge in [-0.15, -0.1) is 12.4 Å². The lowest BCUT2D eigenvalue weighted by Crippen LogP contribution is -2.49. The molecular weight excluding hydrogens is 347 g/mol. The zero-order chi connectivity index (χ0) is 15.5. The fourth-order valence-corrected chi connectivity index (χ4v) is 3.08. The maximum atomic E-state index is 12.3. The monoisotopic (exact) mass is 366 g/mol. The van der Waals surface area contributed by atoms with E-state index in [0.29, 0.717) is 22.2 Å². The van der Waals surface area contributed by atoms with Crippen LogP contribution in [0.15, 0.2) is 18.2 Å². The van der Waals surface area contributed by atoms with Crippen LogP contribution < -0.4 is 10.6 Å². The second kappa shape index (κ2) is 8.37. The van der Waals surface area contributed by atoms with Gasteiger partial charge in [-0.2, -0.15) is 0 Å². The topological polar surface area (TPSA) is 61.4 Å². The summed E-state index contributed by atoms with van der Waals surface area (Å²) in [5.74, 6) is -0.0399. The van der Waals surface area contributed by atoms with Gasteiger partial charge in [0.15, 0.2) is 0 Å². The molecule has 2 rings (SSSR count). The second-order valence-corrected chi connectivity index (χ2v) is 6.64. The van der Waals surface area contributed by atoms with Crippen LogP contribution >= 0.6 is 35.6 Å². The Kier molecular flexibility index (Phi) is 7.42. The van der Waals surface area contributed by atoms with Crippen molar-refractivity contribution in [2.24, 2.45) is 5.41 Å². The van der Waals surface area contributed by atoms with E-state index in [1.807, 2.05) is 6.92 Å². The van der Waals surface area contributed by atoms with Crippen LogP contribution in [-0.4, -0.2) is 30.6 Å². The van der Waals surface area contributed by atoms with Crippen molar-refractivity contribution in [3.63, 3.8) is 0 Å². The molecule has 0 aliphatic carbocycles. The minimum Gasteiger partial charge on any atom is -0.387 e. The summed E-state index contributed by atoms with van der Waals surface area (Å²) in [4.78, 5) is 12.3. The Bertz CT molecular complexity index is 499. The van der Waals surface area contributed by atoms with Crippen LogP contribution in [0.4, 0.5) is 0 Å². The highest BCUT2D eigenvalue weighted by molar-refractivity contribution is 6.34. The first-order valence-corrected chi connectivity index (χ1v) is 7.79. The normalized spacial score (nSPS) is 22.5. The van der Waals surface area contributed by atoms with Gasteiger partial charge >= 0.3 is 0 Å². The van der Waals surface area contributed by atoms with E-state index in [4.69, 9.17) is 23.2 Å². The lowest BCUT2D eigenvalue weighted by Gasteiger charge is -2.33. The van der Waals surface area contributed by atoms with E-state index in [2.05, 4.69) is 10.6 Å². The smallest absolute Gasteiger partial charge is 0.227 e. The van der Waals surface area contributed by atoms with Gasteiger partial charge in [-0.1, -0.05) is 23.2 Å². The Labute approximate surface area is 147 Å². The first kappa shape index (κ1) is 19.5. The molecule has 0 saturated carbocycles. The molecule has 0 aromatic heterocycles. The van der Waals surface area contributed by atoms with E-state index >= 15 is 0 Å². The van der Waals surface area contributed by atoms with E-state index in [1.54, 1.807) is 18.2 Å². The molecule has 4 nitrogen and oxygen atoms in total. The number of nitrogens with one attached hydrogen (secondary N) is 2. The maximum Gasteiger partial charge on any atom is 0.227 e. The summed E-state index contributed by atoms with van der Waals surface area (Å²) >= 11 is 11.8. The van der Waals surface area contributed by atoms with Crippen molar-refractivity contribution in [3.8, 4) is 0 Å². The molecule has 124 valence electrons. The van der Waals surface area contributed by atoms with E-state index in [1.165, 1.54) is 0 Å². The van der Waals surface area contributed by atoms with Crippen molar-refractivity contribution in [1.82, 2.24) is 10.6 Å². The average molecular weight is 368 g/mol. The molecule has 0 spiro atoms. The van der Waals surface area contributed by atoms with Gasteiger partial charge in [0.1, 0.15) is 0 Å². The maximum absolute atomic E-state index is 12.3. The number of halogens is 3. The van der Waals surface area contributed by atoms with Gasteiger partial charge in [-0.25, -0.2) is 0 Å². The molecule has 1 amide bonds. The van der Waals surface area contributed by atoms with Gasteiger partial charge in [-0.05, 0) is 50.1 Å². The van der Waals surface area contributed by atoms with E-state index < -0.39 is 11.5 Å². The second-order valence-electron chi connectivity index (χ2n) is 5.77. The predicted molar refractivity (Wildman–Crippen MR) is 91.9 cm³/mol. The van der Waals surface area contributed by atoms with E-state index in [9.17, 15) is 9.90 Å². The lowest BCUT2D eigenvalue weighted by atomic mass is 9.82. The van der Waals surface area contributed by atoms with Gasteiger partial charge < -0.3 is 15.7 Å². The summed E-state index contributed by atoms with van der Waals surface area (Å²) in [6.45, 7) is 3.70. The van der Waals surface area contributed by atoms with Crippen LogP contribution in [-0.2, 0) is 4.79 Å². The first-order chi connectivity index (χ1) is 9.90. The first-order valence-electron chi connectivity index (χ1n) is 7.04. The van der Waals surface area contributed by atoms with Crippen molar-refractivity contribution >= 4 is 41.5 Å². The van der Waals surface area contributed by atoms with Crippen molar-refractivity contribution in [3.05, 3.63) is 33.8 Å². The molecular formula is C15H21Cl3N2O2. The van der Waals surface area contributed by atoms with E-state index in [0.717, 1.165) is 19.4 Å². The van der Waals surface area contributed by atoms with Crippen LogP contribution in [0.5, 0.6) is 0 Å². The van der Waals surface area contributed by atoms with Crippen LogP contribution in [0.2, 0.25) is 10.0 Å². The summed E-state index contributed by atoms with van der Waals surface area (Å²) in [5.41, 5.74) is 0.184. The highest BCUT2D eigenvalue weighted by atomic mass is 35.5. The number of piperidine rings is 1. The minimum atomic E-state index is -0.828. The number of hydrogen-bond acceptors (Lipinski definition) is 3. The third kappa shape index (κ3) is 5.00. The molecule has 1 aromatic rings. The SMILES string of the molecule is CC1(C(=O)NCC(O)c2cc(Cl)cc(Cl)c2)CCCNC1.Cl. The molecule has 1 fully saturated rings. The number of aliphatic hydroxyl groups excluding tert-OH is 1. The molecule has 0 bridgehead atoms. The molecule has 22 heavy (non-hydrogen) atoms. The van der Waals surface area contributed by atoms with Crippen LogP contribution in [0, 0.1) is 5.41 Å². The third-order valence-corrected chi connectivity index (χ3v) is 4.31. The quantitative estimate of drug-likeness (QED) is 0.767. The molecule has 0 radical (unpaired) electrons. The molecule has 1 aliphatic rings. The van der Waals surface area contributed by atoms with Gasteiger partial charge in [0, 0.05) is 23.1 Å². The molecule has 7 heteroatoms. The standard InChI is InChI=1S/C15H20Cl2N2O2.ClH/c1-15(3-2-4-18-9-15)14(21)19-8-13(20)10-5-11(16)7-12(17)6-10;/h5-7,13,18,20H,2-4,8-9H2,1H3,(H,19,21);1H. The number of carbonyl (C=O) groups is 1. The number of hydrogen-bond donors (Lipinski definition) is 3. The highest BCUT2D eigenvalue weighted by Gasteiger charge is 2.34. The Morgan fingerprint density at radius 2 is 2.05 bits per heavy atom. The Morgan fingerprint density at radius 1 is 1.41 bits per heavy atom. The fraction of sp³-hybridized carbons (Fsp3) is 0.533. The molecule has 2 unspecified atom stereocenters. The Hall–Kier alpha value is -0.520. The predicted octanol–water partition coefficient (Wildman–Crippen LogP) is 2.95. The van der Waals surface area contributed by atoms with Crippen molar-refractivity contribution in [2.75, 3.05) is 19.6 Å². The fourth-order valence-electron chi connectivity index (χ4n) is 2.54. The number of aliphatic hydroxyl groups is 1. The minimum absolute atomic E-state index is 0. The van der Waals surface area contributed by atoms with Gasteiger partial charge in [0.2, 0.25) is 5.91 Å². The van der Waals surface area contributed by atoms with Crippen LogP contribution in [0.3, 0.4) is 0 Å². The summed E-state index contributed by atoms with van der Waals surface area (Å²) in [6.07, 6.45) is 1.01. The molecule has 3 N–H and O–H groups in total. The lowest BCUT2D eigenvalue weighted by molar-refractivity contribution is -0.131. The molecule has 1 aromatic carbocycles. The van der Waals surface area contributed by atoms with Gasteiger partial charge in [-0.3, -0.25) is 4.79 Å². The number of amides is 1. The molecule has 1 saturated heterocycles. The molecule has 1 aliphatic heterocycles. The van der Waals surface area contributed by atoms with Gasteiger partial charge in [0.05, 0.1) is 11.5 Å². The zero-order valence-corrected chi connectivity index (χ0v) is 14.7.